The molecule has 0 spiro atoms. The Morgan fingerprint density at radius 2 is 1.41 bits per heavy atom. The van der Waals surface area contributed by atoms with Gasteiger partial charge in [0.15, 0.2) is 0 Å². The third kappa shape index (κ3) is 2.11. The molecule has 0 amide bonds. The highest BCUT2D eigenvalue weighted by molar-refractivity contribution is 6.32. The number of nitrogens with zero attached hydrogens (tertiary/aromatic N) is 2. The van der Waals surface area contributed by atoms with Gasteiger partial charge in [0, 0.05) is 11.3 Å². The highest BCUT2D eigenvalue weighted by atomic mass is 15.1. The SMILES string of the molecule is Bc1ccc(-c2nc3ccccc3n2-c2ccccc2)cc1. The molecule has 0 fully saturated rings. The van der Waals surface area contributed by atoms with E-state index in [0.29, 0.717) is 0 Å². The van der Waals surface area contributed by atoms with Gasteiger partial charge in [-0.2, -0.15) is 0 Å². The van der Waals surface area contributed by atoms with E-state index in [1.165, 1.54) is 5.46 Å². The molecule has 0 N–H and O–H groups in total. The van der Waals surface area contributed by atoms with E-state index in [1.54, 1.807) is 0 Å². The van der Waals surface area contributed by atoms with Crippen molar-refractivity contribution in [1.82, 2.24) is 9.55 Å². The van der Waals surface area contributed by atoms with Gasteiger partial charge in [0.1, 0.15) is 13.7 Å². The molecule has 0 aliphatic heterocycles. The lowest BCUT2D eigenvalue weighted by molar-refractivity contribution is 1.10. The largest absolute Gasteiger partial charge is 0.292 e. The van der Waals surface area contributed by atoms with Gasteiger partial charge in [-0.25, -0.2) is 4.98 Å². The Morgan fingerprint density at radius 1 is 0.727 bits per heavy atom. The van der Waals surface area contributed by atoms with E-state index in [4.69, 9.17) is 4.98 Å². The van der Waals surface area contributed by atoms with Crippen LogP contribution in [0.3, 0.4) is 0 Å². The molecule has 0 aliphatic rings. The molecular weight excluding hydrogens is 267 g/mol. The Balaban J connectivity index is 2.04. The minimum absolute atomic E-state index is 0.979. The van der Waals surface area contributed by atoms with E-state index >= 15 is 0 Å². The van der Waals surface area contributed by atoms with Crippen LogP contribution in [-0.2, 0) is 0 Å². The van der Waals surface area contributed by atoms with Gasteiger partial charge in [-0.3, -0.25) is 4.57 Å². The molecule has 2 nitrogen and oxygen atoms in total. The Labute approximate surface area is 130 Å². The van der Waals surface area contributed by atoms with Crippen molar-refractivity contribution in [1.29, 1.82) is 0 Å². The summed E-state index contributed by atoms with van der Waals surface area (Å²) >= 11 is 0. The van der Waals surface area contributed by atoms with Crippen molar-refractivity contribution in [3.05, 3.63) is 78.9 Å². The standard InChI is InChI=1S/C19H15BN2/c20-15-12-10-14(11-13-15)19-21-17-8-4-5-9-18(17)22(19)16-6-2-1-3-7-16/h1-13H,20H2. The van der Waals surface area contributed by atoms with Crippen LogP contribution >= 0.6 is 0 Å². The van der Waals surface area contributed by atoms with Crippen molar-refractivity contribution in [2.45, 2.75) is 0 Å². The molecule has 4 rings (SSSR count). The van der Waals surface area contributed by atoms with Crippen molar-refractivity contribution in [2.75, 3.05) is 0 Å². The van der Waals surface area contributed by atoms with Crippen LogP contribution < -0.4 is 5.46 Å². The fourth-order valence-corrected chi connectivity index (χ4v) is 2.76. The Hall–Kier alpha value is -2.81. The number of para-hydroxylation sites is 3. The lowest BCUT2D eigenvalue weighted by Gasteiger charge is -2.09. The molecule has 0 saturated carbocycles. The van der Waals surface area contributed by atoms with E-state index in [9.17, 15) is 0 Å². The van der Waals surface area contributed by atoms with E-state index < -0.39 is 0 Å². The lowest BCUT2D eigenvalue weighted by atomic mass is 9.95. The number of rotatable bonds is 2. The third-order valence-corrected chi connectivity index (χ3v) is 3.88. The number of hydrogen-bond acceptors (Lipinski definition) is 1. The molecule has 3 aromatic carbocycles. The molecule has 1 heterocycles. The summed E-state index contributed by atoms with van der Waals surface area (Å²) in [5.74, 6) is 0.979. The summed E-state index contributed by atoms with van der Waals surface area (Å²) in [4.78, 5) is 4.85. The van der Waals surface area contributed by atoms with Crippen LogP contribution in [0.25, 0.3) is 28.1 Å². The van der Waals surface area contributed by atoms with Gasteiger partial charge in [-0.05, 0) is 24.3 Å². The smallest absolute Gasteiger partial charge is 0.145 e. The minimum atomic E-state index is 0.979. The fraction of sp³-hybridized carbons (Fsp3) is 0. The Kier molecular flexibility index (Phi) is 3.04. The van der Waals surface area contributed by atoms with Crippen molar-refractivity contribution >= 4 is 24.3 Å². The second-order valence-electron chi connectivity index (χ2n) is 5.46. The van der Waals surface area contributed by atoms with Gasteiger partial charge in [0.2, 0.25) is 0 Å². The molecule has 0 bridgehead atoms. The van der Waals surface area contributed by atoms with Crippen molar-refractivity contribution in [3.8, 4) is 17.1 Å². The first-order chi connectivity index (χ1) is 10.8. The van der Waals surface area contributed by atoms with Gasteiger partial charge < -0.3 is 0 Å². The van der Waals surface area contributed by atoms with Gasteiger partial charge in [0.25, 0.3) is 0 Å². The number of imidazole rings is 1. The predicted molar refractivity (Wildman–Crippen MR) is 94.7 cm³/mol. The first kappa shape index (κ1) is 12.9. The zero-order chi connectivity index (χ0) is 14.9. The first-order valence-electron chi connectivity index (χ1n) is 7.43. The highest BCUT2D eigenvalue weighted by Crippen LogP contribution is 2.27. The average molecular weight is 282 g/mol. The van der Waals surface area contributed by atoms with Gasteiger partial charge in [0.05, 0.1) is 11.0 Å². The maximum atomic E-state index is 4.85. The molecule has 0 unspecified atom stereocenters. The lowest BCUT2D eigenvalue weighted by Crippen LogP contribution is -2.01. The van der Waals surface area contributed by atoms with Crippen LogP contribution in [0.4, 0.5) is 0 Å². The molecule has 4 aromatic rings. The van der Waals surface area contributed by atoms with E-state index in [-0.39, 0.29) is 0 Å². The molecule has 1 aromatic heterocycles. The summed E-state index contributed by atoms with van der Waals surface area (Å²) in [6.07, 6.45) is 0. The van der Waals surface area contributed by atoms with Gasteiger partial charge in [-0.1, -0.05) is 60.1 Å². The number of benzene rings is 3. The molecule has 0 aliphatic carbocycles. The summed E-state index contributed by atoms with van der Waals surface area (Å²) in [5, 5.41) is 0. The molecule has 0 saturated heterocycles. The molecular formula is C19H15BN2. The Morgan fingerprint density at radius 3 is 2.18 bits per heavy atom. The van der Waals surface area contributed by atoms with E-state index in [0.717, 1.165) is 28.1 Å². The summed E-state index contributed by atoms with van der Waals surface area (Å²) in [6, 6.07) is 27.2. The monoisotopic (exact) mass is 282 g/mol. The third-order valence-electron chi connectivity index (χ3n) is 3.88. The van der Waals surface area contributed by atoms with Crippen LogP contribution in [0.15, 0.2) is 78.9 Å². The number of fused-ring (bicyclic) bond motifs is 1. The van der Waals surface area contributed by atoms with Crippen LogP contribution in [0.1, 0.15) is 0 Å². The Bertz CT molecular complexity index is 925. The van der Waals surface area contributed by atoms with E-state index in [2.05, 4.69) is 79.1 Å². The quantitative estimate of drug-likeness (QED) is 0.517. The molecule has 22 heavy (non-hydrogen) atoms. The topological polar surface area (TPSA) is 17.8 Å². The summed E-state index contributed by atoms with van der Waals surface area (Å²) in [6.45, 7) is 0. The van der Waals surface area contributed by atoms with Gasteiger partial charge in [-0.15, -0.1) is 0 Å². The maximum absolute atomic E-state index is 4.85. The van der Waals surface area contributed by atoms with Crippen molar-refractivity contribution in [3.63, 3.8) is 0 Å². The zero-order valence-electron chi connectivity index (χ0n) is 12.4. The normalized spacial score (nSPS) is 10.9. The molecule has 104 valence electrons. The average Bonchev–Trinajstić information content (AvgIpc) is 2.96. The van der Waals surface area contributed by atoms with Crippen LogP contribution in [0.2, 0.25) is 0 Å². The summed E-state index contributed by atoms with van der Waals surface area (Å²) in [7, 11) is 2.10. The van der Waals surface area contributed by atoms with E-state index in [1.807, 2.05) is 12.1 Å². The zero-order valence-corrected chi connectivity index (χ0v) is 12.4. The summed E-state index contributed by atoms with van der Waals surface area (Å²) < 4.78 is 2.22. The maximum Gasteiger partial charge on any atom is 0.145 e. The predicted octanol–water partition coefficient (Wildman–Crippen LogP) is 2.95. The highest BCUT2D eigenvalue weighted by Gasteiger charge is 2.13. The second-order valence-corrected chi connectivity index (χ2v) is 5.46. The molecule has 0 radical (unpaired) electrons. The second kappa shape index (κ2) is 5.19. The van der Waals surface area contributed by atoms with Gasteiger partial charge >= 0.3 is 0 Å². The number of hydrogen-bond donors (Lipinski definition) is 0. The number of aromatic nitrogens is 2. The first-order valence-corrected chi connectivity index (χ1v) is 7.43. The van der Waals surface area contributed by atoms with Crippen LogP contribution in [-0.4, -0.2) is 17.4 Å². The summed E-state index contributed by atoms with van der Waals surface area (Å²) in [5.41, 5.74) is 5.66. The van der Waals surface area contributed by atoms with Crippen molar-refractivity contribution < 1.29 is 0 Å². The van der Waals surface area contributed by atoms with Crippen molar-refractivity contribution in [2.24, 2.45) is 0 Å². The molecule has 0 atom stereocenters. The fourth-order valence-electron chi connectivity index (χ4n) is 2.76. The minimum Gasteiger partial charge on any atom is -0.292 e. The van der Waals surface area contributed by atoms with Crippen LogP contribution in [0, 0.1) is 0 Å². The van der Waals surface area contributed by atoms with Crippen LogP contribution in [0.5, 0.6) is 0 Å². The molecule has 3 heteroatoms.